The van der Waals surface area contributed by atoms with E-state index in [0.717, 1.165) is 46.8 Å². The second-order valence-corrected chi connectivity index (χ2v) is 8.86. The molecule has 0 bridgehead atoms. The molecule has 4 aromatic rings. The molecule has 0 spiro atoms. The minimum Gasteiger partial charge on any atom is -0.341 e. The van der Waals surface area contributed by atoms with Gasteiger partial charge in [-0.15, -0.1) is 0 Å². The van der Waals surface area contributed by atoms with Gasteiger partial charge < -0.3 is 14.9 Å². The first-order valence-electron chi connectivity index (χ1n) is 11.1. The number of aryl methyl sites for hydroxylation is 1. The van der Waals surface area contributed by atoms with Crippen LogP contribution in [-0.2, 0) is 7.05 Å². The standard InChI is InChI=1S/C24H26FN7/c1-13-26-12-21(32(13)2)19-10-17-20(11-27-19)30-31-23(17)24-28-18-8-4-7-16(22(18)29-24)14-5-3-6-15(25)9-14/h3-9,12,17,19-20,23,27,30-31H,10-11H2,1-2H3,(H,28,29). The maximum absolute atomic E-state index is 13.8. The summed E-state index contributed by atoms with van der Waals surface area (Å²) in [5, 5.41) is 3.67. The van der Waals surface area contributed by atoms with Crippen LogP contribution in [0.3, 0.4) is 0 Å². The third-order valence-corrected chi connectivity index (χ3v) is 7.04. The number of para-hydroxylation sites is 1. The van der Waals surface area contributed by atoms with Gasteiger partial charge in [-0.25, -0.2) is 19.8 Å². The Morgan fingerprint density at radius 1 is 1.12 bits per heavy atom. The van der Waals surface area contributed by atoms with E-state index < -0.39 is 0 Å². The molecular weight excluding hydrogens is 405 g/mol. The summed E-state index contributed by atoms with van der Waals surface area (Å²) in [6.45, 7) is 2.90. The molecule has 2 aliphatic rings. The van der Waals surface area contributed by atoms with Crippen LogP contribution in [0.15, 0.2) is 48.7 Å². The van der Waals surface area contributed by atoms with E-state index in [1.807, 2.05) is 37.4 Å². The van der Waals surface area contributed by atoms with Crippen molar-refractivity contribution in [3.05, 3.63) is 71.8 Å². The van der Waals surface area contributed by atoms with Crippen LogP contribution in [0.5, 0.6) is 0 Å². The highest BCUT2D eigenvalue weighted by Gasteiger charge is 2.43. The number of hydrazine groups is 1. The lowest BCUT2D eigenvalue weighted by atomic mass is 9.83. The number of rotatable bonds is 3. The summed E-state index contributed by atoms with van der Waals surface area (Å²) in [6.07, 6.45) is 2.95. The quantitative estimate of drug-likeness (QED) is 0.400. The van der Waals surface area contributed by atoms with Gasteiger partial charge in [-0.3, -0.25) is 5.43 Å². The molecule has 2 aliphatic heterocycles. The predicted octanol–water partition coefficient (Wildman–Crippen LogP) is 3.28. The molecule has 2 fully saturated rings. The van der Waals surface area contributed by atoms with Crippen LogP contribution < -0.4 is 16.2 Å². The Bertz CT molecular complexity index is 1290. The topological polar surface area (TPSA) is 82.6 Å². The Labute approximate surface area is 185 Å². The Morgan fingerprint density at radius 3 is 2.81 bits per heavy atom. The number of fused-ring (bicyclic) bond motifs is 2. The first kappa shape index (κ1) is 19.6. The Balaban J connectivity index is 1.34. The molecule has 4 unspecified atom stereocenters. The number of aromatic nitrogens is 4. The molecule has 8 heteroatoms. The molecule has 0 radical (unpaired) electrons. The Hall–Kier alpha value is -3.07. The van der Waals surface area contributed by atoms with Crippen molar-refractivity contribution in [2.75, 3.05) is 6.54 Å². The van der Waals surface area contributed by atoms with E-state index >= 15 is 0 Å². The molecule has 0 saturated carbocycles. The zero-order valence-corrected chi connectivity index (χ0v) is 18.1. The normalized spacial score (nSPS) is 25.3. The number of piperidine rings is 1. The van der Waals surface area contributed by atoms with Gasteiger partial charge in [0, 0.05) is 37.2 Å². The van der Waals surface area contributed by atoms with E-state index in [2.05, 4.69) is 37.8 Å². The smallest absolute Gasteiger partial charge is 0.126 e. The van der Waals surface area contributed by atoms with Gasteiger partial charge in [-0.05, 0) is 37.1 Å². The van der Waals surface area contributed by atoms with Gasteiger partial charge in [-0.2, -0.15) is 0 Å². The third-order valence-electron chi connectivity index (χ3n) is 7.04. The molecule has 164 valence electrons. The molecule has 6 rings (SSSR count). The zero-order valence-electron chi connectivity index (χ0n) is 18.1. The van der Waals surface area contributed by atoms with Crippen LogP contribution >= 0.6 is 0 Å². The van der Waals surface area contributed by atoms with Gasteiger partial charge in [0.1, 0.15) is 17.5 Å². The average Bonchev–Trinajstić information content (AvgIpc) is 3.50. The molecule has 7 nitrogen and oxygen atoms in total. The number of halogens is 1. The maximum atomic E-state index is 13.8. The number of hydrogen-bond donors (Lipinski definition) is 4. The number of H-pyrrole nitrogens is 1. The highest BCUT2D eigenvalue weighted by molar-refractivity contribution is 5.92. The summed E-state index contributed by atoms with van der Waals surface area (Å²) >= 11 is 0. The van der Waals surface area contributed by atoms with Crippen molar-refractivity contribution in [3.63, 3.8) is 0 Å². The summed E-state index contributed by atoms with van der Waals surface area (Å²) < 4.78 is 16.0. The average molecular weight is 432 g/mol. The lowest BCUT2D eigenvalue weighted by molar-refractivity contribution is 0.258. The molecule has 2 aromatic heterocycles. The van der Waals surface area contributed by atoms with Crippen molar-refractivity contribution in [1.29, 1.82) is 0 Å². The van der Waals surface area contributed by atoms with Crippen LogP contribution in [0.4, 0.5) is 4.39 Å². The fourth-order valence-electron chi connectivity index (χ4n) is 5.20. The van der Waals surface area contributed by atoms with Gasteiger partial charge in [-0.1, -0.05) is 24.3 Å². The van der Waals surface area contributed by atoms with Gasteiger partial charge in [0.05, 0.1) is 29.0 Å². The number of benzene rings is 2. The predicted molar refractivity (Wildman–Crippen MR) is 121 cm³/mol. The van der Waals surface area contributed by atoms with Crippen molar-refractivity contribution in [1.82, 2.24) is 35.7 Å². The van der Waals surface area contributed by atoms with Crippen molar-refractivity contribution in [3.8, 4) is 11.1 Å². The van der Waals surface area contributed by atoms with Crippen molar-refractivity contribution in [2.24, 2.45) is 13.0 Å². The highest BCUT2D eigenvalue weighted by Crippen LogP contribution is 2.39. The molecule has 0 amide bonds. The monoisotopic (exact) mass is 431 g/mol. The summed E-state index contributed by atoms with van der Waals surface area (Å²) in [4.78, 5) is 13.0. The van der Waals surface area contributed by atoms with E-state index in [9.17, 15) is 4.39 Å². The van der Waals surface area contributed by atoms with Gasteiger partial charge >= 0.3 is 0 Å². The number of hydrogen-bond acceptors (Lipinski definition) is 5. The fraction of sp³-hybridized carbons (Fsp3) is 0.333. The molecular formula is C24H26FN7. The summed E-state index contributed by atoms with van der Waals surface area (Å²) in [6, 6.07) is 13.3. The fourth-order valence-corrected chi connectivity index (χ4v) is 5.20. The summed E-state index contributed by atoms with van der Waals surface area (Å²) in [5.74, 6) is 2.05. The number of imidazole rings is 2. The second kappa shape index (κ2) is 7.51. The molecule has 4 atom stereocenters. The number of aromatic amines is 1. The summed E-state index contributed by atoms with van der Waals surface area (Å²) in [5.41, 5.74) is 11.7. The SMILES string of the molecule is Cc1ncc(C2CC3C(CN2)NNC3c2nc3c(-c4cccc(F)c4)cccc3[nH]2)n1C. The van der Waals surface area contributed by atoms with Gasteiger partial charge in [0.25, 0.3) is 0 Å². The highest BCUT2D eigenvalue weighted by atomic mass is 19.1. The van der Waals surface area contributed by atoms with Crippen LogP contribution in [0, 0.1) is 18.7 Å². The van der Waals surface area contributed by atoms with Crippen molar-refractivity contribution >= 4 is 11.0 Å². The number of nitrogens with zero attached hydrogens (tertiary/aromatic N) is 3. The lowest BCUT2D eigenvalue weighted by Gasteiger charge is -2.34. The van der Waals surface area contributed by atoms with E-state index in [1.54, 1.807) is 12.1 Å². The minimum absolute atomic E-state index is 0.0617. The van der Waals surface area contributed by atoms with E-state index in [1.165, 1.54) is 11.8 Å². The number of nitrogens with one attached hydrogen (secondary N) is 4. The van der Waals surface area contributed by atoms with Crippen LogP contribution in [0.2, 0.25) is 0 Å². The zero-order chi connectivity index (χ0) is 21.8. The molecule has 0 aliphatic carbocycles. The third kappa shape index (κ3) is 3.14. The van der Waals surface area contributed by atoms with E-state index in [-0.39, 0.29) is 17.9 Å². The Kier molecular flexibility index (Phi) is 4.60. The largest absolute Gasteiger partial charge is 0.341 e. The van der Waals surface area contributed by atoms with Crippen molar-refractivity contribution < 1.29 is 4.39 Å². The lowest BCUT2D eigenvalue weighted by Crippen LogP contribution is -2.46. The van der Waals surface area contributed by atoms with Crippen molar-refractivity contribution in [2.45, 2.75) is 31.5 Å². The van der Waals surface area contributed by atoms with Crippen LogP contribution in [0.1, 0.15) is 35.8 Å². The molecule has 4 heterocycles. The maximum Gasteiger partial charge on any atom is 0.126 e. The first-order chi connectivity index (χ1) is 15.6. The van der Waals surface area contributed by atoms with E-state index in [4.69, 9.17) is 4.98 Å². The van der Waals surface area contributed by atoms with Gasteiger partial charge in [0.15, 0.2) is 0 Å². The second-order valence-electron chi connectivity index (χ2n) is 8.86. The molecule has 4 N–H and O–H groups in total. The molecule has 2 aromatic carbocycles. The van der Waals surface area contributed by atoms with Gasteiger partial charge in [0.2, 0.25) is 0 Å². The Morgan fingerprint density at radius 2 is 2.00 bits per heavy atom. The molecule has 2 saturated heterocycles. The minimum atomic E-state index is -0.245. The van der Waals surface area contributed by atoms with Crippen LogP contribution in [-0.4, -0.2) is 32.1 Å². The van der Waals surface area contributed by atoms with E-state index in [0.29, 0.717) is 12.0 Å². The summed E-state index contributed by atoms with van der Waals surface area (Å²) in [7, 11) is 2.07. The first-order valence-corrected chi connectivity index (χ1v) is 11.1. The molecule has 32 heavy (non-hydrogen) atoms. The van der Waals surface area contributed by atoms with Crippen LogP contribution in [0.25, 0.3) is 22.2 Å².